The monoisotopic (exact) mass is 418 g/mol. The van der Waals surface area contributed by atoms with Crippen LogP contribution in [0.15, 0.2) is 36.4 Å². The van der Waals surface area contributed by atoms with E-state index < -0.39 is 21.9 Å². The molecule has 1 N–H and O–H groups in total. The van der Waals surface area contributed by atoms with E-state index in [9.17, 15) is 18.0 Å². The Kier molecular flexibility index (Phi) is 7.02. The Morgan fingerprint density at radius 3 is 2.17 bits per heavy atom. The minimum absolute atomic E-state index is 0.274. The van der Waals surface area contributed by atoms with Gasteiger partial charge in [0.05, 0.1) is 24.1 Å². The molecule has 1 amide bonds. The van der Waals surface area contributed by atoms with E-state index in [1.165, 1.54) is 0 Å². The Labute approximate surface area is 171 Å². The molecule has 0 saturated carbocycles. The molecule has 29 heavy (non-hydrogen) atoms. The molecule has 0 bridgehead atoms. The summed E-state index contributed by atoms with van der Waals surface area (Å²) < 4.78 is 30.8. The normalized spacial score (nSPS) is 11.1. The number of nitrogens with one attached hydrogen (secondary N) is 1. The van der Waals surface area contributed by atoms with Crippen molar-refractivity contribution in [2.75, 3.05) is 29.0 Å². The number of nitrogens with zero attached hydrogens (tertiary/aromatic N) is 1. The number of benzene rings is 2. The maximum absolute atomic E-state index is 12.6. The van der Waals surface area contributed by atoms with Gasteiger partial charge in [0.15, 0.2) is 0 Å². The number of carbonyl (C=O) groups excluding carboxylic acids is 2. The number of esters is 1. The Morgan fingerprint density at radius 2 is 1.66 bits per heavy atom. The molecule has 0 atom stereocenters. The second kappa shape index (κ2) is 9.09. The highest BCUT2D eigenvalue weighted by Crippen LogP contribution is 2.27. The highest BCUT2D eigenvalue weighted by atomic mass is 32.2. The zero-order chi connectivity index (χ0) is 21.8. The summed E-state index contributed by atoms with van der Waals surface area (Å²) in [7, 11) is -3.67. The zero-order valence-corrected chi connectivity index (χ0v) is 18.1. The molecule has 0 heterocycles. The Balaban J connectivity index is 2.25. The van der Waals surface area contributed by atoms with Crippen LogP contribution >= 0.6 is 0 Å². The number of sulfonamides is 1. The van der Waals surface area contributed by atoms with Gasteiger partial charge in [0.2, 0.25) is 15.9 Å². The second-order valence-electron chi connectivity index (χ2n) is 6.81. The molecule has 0 unspecified atom stereocenters. The van der Waals surface area contributed by atoms with Gasteiger partial charge in [0, 0.05) is 5.69 Å². The number of anilines is 2. The Morgan fingerprint density at radius 1 is 1.03 bits per heavy atom. The van der Waals surface area contributed by atoms with E-state index in [1.807, 2.05) is 6.07 Å². The van der Waals surface area contributed by atoms with Crippen LogP contribution in [-0.4, -0.2) is 39.7 Å². The van der Waals surface area contributed by atoms with Crippen LogP contribution in [-0.2, 0) is 19.6 Å². The second-order valence-corrected chi connectivity index (χ2v) is 8.72. The number of carbonyl (C=O) groups is 2. The van der Waals surface area contributed by atoms with E-state index in [0.29, 0.717) is 22.5 Å². The maximum atomic E-state index is 12.6. The first-order chi connectivity index (χ1) is 13.5. The number of amides is 1. The molecule has 0 aliphatic heterocycles. The highest BCUT2D eigenvalue weighted by molar-refractivity contribution is 7.92. The minimum atomic E-state index is -3.67. The fourth-order valence-corrected chi connectivity index (χ4v) is 4.00. The number of hydrogen-bond donors (Lipinski definition) is 1. The number of rotatable bonds is 7. The molecule has 0 aliphatic carbocycles. The number of hydrogen-bond acceptors (Lipinski definition) is 5. The molecule has 156 valence electrons. The van der Waals surface area contributed by atoms with Crippen molar-refractivity contribution < 1.29 is 22.7 Å². The Hall–Kier alpha value is -2.87. The van der Waals surface area contributed by atoms with Crippen LogP contribution in [0.5, 0.6) is 0 Å². The zero-order valence-electron chi connectivity index (χ0n) is 17.3. The summed E-state index contributed by atoms with van der Waals surface area (Å²) in [5, 5.41) is 2.72. The summed E-state index contributed by atoms with van der Waals surface area (Å²) in [6, 6.07) is 10.2. The van der Waals surface area contributed by atoms with Crippen LogP contribution in [0.1, 0.15) is 34.0 Å². The largest absolute Gasteiger partial charge is 0.462 e. The van der Waals surface area contributed by atoms with Gasteiger partial charge < -0.3 is 10.1 Å². The van der Waals surface area contributed by atoms with Gasteiger partial charge in [-0.1, -0.05) is 18.2 Å². The topological polar surface area (TPSA) is 92.8 Å². The van der Waals surface area contributed by atoms with Gasteiger partial charge in [0.25, 0.3) is 0 Å². The van der Waals surface area contributed by atoms with Crippen molar-refractivity contribution in [3.8, 4) is 0 Å². The van der Waals surface area contributed by atoms with Crippen LogP contribution < -0.4 is 9.62 Å². The third-order valence-corrected chi connectivity index (χ3v) is 5.50. The molecule has 0 radical (unpaired) electrons. The maximum Gasteiger partial charge on any atom is 0.338 e. The van der Waals surface area contributed by atoms with Gasteiger partial charge in [-0.15, -0.1) is 0 Å². The fraction of sp³-hybridized carbons (Fsp3) is 0.333. The molecule has 2 rings (SSSR count). The molecule has 8 heteroatoms. The van der Waals surface area contributed by atoms with Crippen LogP contribution in [0.25, 0.3) is 0 Å². The summed E-state index contributed by atoms with van der Waals surface area (Å²) >= 11 is 0. The predicted octanol–water partition coefficient (Wildman–Crippen LogP) is 3.19. The minimum Gasteiger partial charge on any atom is -0.462 e. The highest BCUT2D eigenvalue weighted by Gasteiger charge is 2.24. The smallest absolute Gasteiger partial charge is 0.338 e. The third kappa shape index (κ3) is 5.57. The van der Waals surface area contributed by atoms with E-state index in [2.05, 4.69) is 5.32 Å². The van der Waals surface area contributed by atoms with Gasteiger partial charge in [-0.25, -0.2) is 13.2 Å². The molecule has 0 spiro atoms. The lowest BCUT2D eigenvalue weighted by atomic mass is 10.1. The molecule has 0 aliphatic rings. The molecular formula is C21H26N2O5S. The molecule has 2 aromatic rings. The average molecular weight is 419 g/mol. The SMILES string of the molecule is CCOC(=O)c1ccc(NC(=O)CN(c2c(C)cccc2C)S(C)(=O)=O)c(C)c1. The summed E-state index contributed by atoms with van der Waals surface area (Å²) in [6.07, 6.45) is 1.07. The molecule has 0 saturated heterocycles. The van der Waals surface area contributed by atoms with Gasteiger partial charge in [-0.3, -0.25) is 9.10 Å². The quantitative estimate of drug-likeness (QED) is 0.697. The predicted molar refractivity (Wildman–Crippen MR) is 114 cm³/mol. The third-order valence-electron chi connectivity index (χ3n) is 4.39. The van der Waals surface area contributed by atoms with Crippen molar-refractivity contribution in [1.29, 1.82) is 0 Å². The van der Waals surface area contributed by atoms with Gasteiger partial charge in [-0.2, -0.15) is 0 Å². The average Bonchev–Trinajstić information content (AvgIpc) is 2.61. The molecule has 7 nitrogen and oxygen atoms in total. The summed E-state index contributed by atoms with van der Waals surface area (Å²) in [6.45, 7) is 6.99. The molecule has 0 aromatic heterocycles. The van der Waals surface area contributed by atoms with Crippen molar-refractivity contribution in [3.63, 3.8) is 0 Å². The van der Waals surface area contributed by atoms with Crippen LogP contribution in [0, 0.1) is 20.8 Å². The fourth-order valence-electron chi connectivity index (χ4n) is 3.03. The summed E-state index contributed by atoms with van der Waals surface area (Å²) in [5.41, 5.74) is 3.58. The van der Waals surface area contributed by atoms with Gasteiger partial charge >= 0.3 is 5.97 Å². The summed E-state index contributed by atoms with van der Waals surface area (Å²) in [4.78, 5) is 24.5. The first-order valence-corrected chi connectivity index (χ1v) is 11.0. The number of para-hydroxylation sites is 1. The van der Waals surface area contributed by atoms with E-state index >= 15 is 0 Å². The van der Waals surface area contributed by atoms with Gasteiger partial charge in [-0.05, 0) is 62.6 Å². The first-order valence-electron chi connectivity index (χ1n) is 9.16. The number of ether oxygens (including phenoxy) is 1. The number of aryl methyl sites for hydroxylation is 3. The van der Waals surface area contributed by atoms with Crippen molar-refractivity contribution in [1.82, 2.24) is 0 Å². The lowest BCUT2D eigenvalue weighted by molar-refractivity contribution is -0.114. The van der Waals surface area contributed by atoms with Crippen molar-refractivity contribution in [2.24, 2.45) is 0 Å². The van der Waals surface area contributed by atoms with Crippen LogP contribution in [0.3, 0.4) is 0 Å². The van der Waals surface area contributed by atoms with Crippen molar-refractivity contribution in [2.45, 2.75) is 27.7 Å². The van der Waals surface area contributed by atoms with Gasteiger partial charge in [0.1, 0.15) is 6.54 Å². The van der Waals surface area contributed by atoms with E-state index in [4.69, 9.17) is 4.74 Å². The van der Waals surface area contributed by atoms with Crippen LogP contribution in [0.2, 0.25) is 0 Å². The summed E-state index contributed by atoms with van der Waals surface area (Å²) in [5.74, 6) is -0.920. The standard InChI is InChI=1S/C21H26N2O5S/c1-6-28-21(25)17-10-11-18(16(4)12-17)22-19(24)13-23(29(5,26)27)20-14(2)8-7-9-15(20)3/h7-12H,6,13H2,1-5H3,(H,22,24). The molecule has 0 fully saturated rings. The van der Waals surface area contributed by atoms with E-state index in [-0.39, 0.29) is 13.2 Å². The lowest BCUT2D eigenvalue weighted by Gasteiger charge is -2.25. The lowest BCUT2D eigenvalue weighted by Crippen LogP contribution is -2.38. The first kappa shape index (κ1) is 22.4. The Bertz CT molecular complexity index is 1010. The molecular weight excluding hydrogens is 392 g/mol. The van der Waals surface area contributed by atoms with Crippen LogP contribution in [0.4, 0.5) is 11.4 Å². The van der Waals surface area contributed by atoms with Crippen molar-refractivity contribution >= 4 is 33.3 Å². The molecule has 2 aromatic carbocycles. The van der Waals surface area contributed by atoms with Crippen molar-refractivity contribution in [3.05, 3.63) is 58.7 Å². The van der Waals surface area contributed by atoms with E-state index in [0.717, 1.165) is 21.7 Å². The van der Waals surface area contributed by atoms with E-state index in [1.54, 1.807) is 58.0 Å².